The molecule has 25 heavy (non-hydrogen) atoms. The maximum atomic E-state index is 12.9. The van der Waals surface area contributed by atoms with E-state index in [4.69, 9.17) is 5.26 Å². The summed E-state index contributed by atoms with van der Waals surface area (Å²) in [5.74, 6) is -0.204. The molecule has 0 aliphatic heterocycles. The van der Waals surface area contributed by atoms with Gasteiger partial charge in [-0.2, -0.15) is 10.4 Å². The smallest absolute Gasteiger partial charge is 0.264 e. The Bertz CT molecular complexity index is 936. The fourth-order valence-electron chi connectivity index (χ4n) is 2.78. The molecule has 128 valence electrons. The van der Waals surface area contributed by atoms with Gasteiger partial charge in [0.2, 0.25) is 0 Å². The number of aromatic nitrogens is 2. The summed E-state index contributed by atoms with van der Waals surface area (Å²) in [6.45, 7) is 6.76. The molecule has 1 amide bonds. The normalized spacial score (nSPS) is 12.1. The van der Waals surface area contributed by atoms with Crippen LogP contribution in [-0.2, 0) is 0 Å². The zero-order valence-corrected chi connectivity index (χ0v) is 15.4. The lowest BCUT2D eigenvalue weighted by Crippen LogP contribution is -2.33. The van der Waals surface area contributed by atoms with Crippen LogP contribution in [0.15, 0.2) is 36.4 Å². The van der Waals surface area contributed by atoms with Crippen LogP contribution in [0.3, 0.4) is 0 Å². The second kappa shape index (κ2) is 7.08. The highest BCUT2D eigenvalue weighted by Gasteiger charge is 2.21. The van der Waals surface area contributed by atoms with Crippen LogP contribution in [0.2, 0.25) is 0 Å². The van der Waals surface area contributed by atoms with Gasteiger partial charge in [0.25, 0.3) is 5.91 Å². The summed E-state index contributed by atoms with van der Waals surface area (Å²) >= 11 is 1.45. The Balaban J connectivity index is 1.99. The van der Waals surface area contributed by atoms with E-state index in [0.717, 1.165) is 21.6 Å². The number of hydrogen-bond acceptors (Lipinski definition) is 4. The summed E-state index contributed by atoms with van der Waals surface area (Å²) in [4.78, 5) is 16.2. The Kier molecular flexibility index (Phi) is 4.86. The number of carbonyl (C=O) groups excluding carboxylic acids is 1. The number of benzene rings is 1. The maximum Gasteiger partial charge on any atom is 0.264 e. The van der Waals surface area contributed by atoms with Gasteiger partial charge in [0.15, 0.2) is 0 Å². The molecule has 0 saturated carbocycles. The van der Waals surface area contributed by atoms with Crippen molar-refractivity contribution in [2.45, 2.75) is 20.8 Å². The number of thiophene rings is 1. The second-order valence-corrected chi connectivity index (χ2v) is 7.07. The standard InChI is InChI=1S/C19H20N4OS/c1-4-22(12-13(2)11-20)18(24)17-10-16-14(3)21-23(19(16)25-17)15-8-6-5-7-9-15/h5-10,13H,4,12H2,1-3H3. The van der Waals surface area contributed by atoms with Crippen molar-refractivity contribution >= 4 is 27.5 Å². The van der Waals surface area contributed by atoms with Crippen LogP contribution in [0, 0.1) is 24.2 Å². The molecule has 3 rings (SSSR count). The van der Waals surface area contributed by atoms with Crippen molar-refractivity contribution < 1.29 is 4.79 Å². The molecule has 2 aromatic heterocycles. The maximum absolute atomic E-state index is 12.9. The van der Waals surface area contributed by atoms with E-state index in [1.54, 1.807) is 4.90 Å². The van der Waals surface area contributed by atoms with Gasteiger partial charge in [-0.25, -0.2) is 4.68 Å². The third-order valence-electron chi connectivity index (χ3n) is 4.14. The Morgan fingerprint density at radius 1 is 1.40 bits per heavy atom. The molecule has 1 atom stereocenters. The Morgan fingerprint density at radius 3 is 2.76 bits per heavy atom. The topological polar surface area (TPSA) is 61.9 Å². The molecule has 1 unspecified atom stereocenters. The predicted octanol–water partition coefficient (Wildman–Crippen LogP) is 4.02. The first-order valence-corrected chi connectivity index (χ1v) is 9.10. The van der Waals surface area contributed by atoms with E-state index >= 15 is 0 Å². The highest BCUT2D eigenvalue weighted by atomic mass is 32.1. The third kappa shape index (κ3) is 3.28. The van der Waals surface area contributed by atoms with Crippen molar-refractivity contribution in [2.24, 2.45) is 5.92 Å². The van der Waals surface area contributed by atoms with Crippen molar-refractivity contribution in [3.63, 3.8) is 0 Å². The minimum atomic E-state index is -0.181. The summed E-state index contributed by atoms with van der Waals surface area (Å²) < 4.78 is 1.89. The molecule has 5 nitrogen and oxygen atoms in total. The van der Waals surface area contributed by atoms with Crippen LogP contribution in [0.1, 0.15) is 29.2 Å². The Morgan fingerprint density at radius 2 is 2.12 bits per heavy atom. The number of nitriles is 1. The summed E-state index contributed by atoms with van der Waals surface area (Å²) in [5.41, 5.74) is 1.88. The van der Waals surface area contributed by atoms with E-state index in [0.29, 0.717) is 18.0 Å². The van der Waals surface area contributed by atoms with Crippen molar-refractivity contribution in [3.05, 3.63) is 47.0 Å². The first-order valence-electron chi connectivity index (χ1n) is 8.28. The molecule has 3 aromatic rings. The van der Waals surface area contributed by atoms with E-state index in [9.17, 15) is 4.79 Å². The van der Waals surface area contributed by atoms with Crippen LogP contribution in [0.4, 0.5) is 0 Å². The van der Waals surface area contributed by atoms with E-state index in [1.807, 2.05) is 61.9 Å². The Labute approximate surface area is 151 Å². The van der Waals surface area contributed by atoms with Crippen LogP contribution in [0.5, 0.6) is 0 Å². The molecule has 0 fully saturated rings. The zero-order chi connectivity index (χ0) is 18.0. The van der Waals surface area contributed by atoms with Crippen LogP contribution >= 0.6 is 11.3 Å². The number of hydrogen-bond donors (Lipinski definition) is 0. The van der Waals surface area contributed by atoms with Gasteiger partial charge in [0.05, 0.1) is 28.2 Å². The average molecular weight is 352 g/mol. The minimum absolute atomic E-state index is 0.0233. The molecular formula is C19H20N4OS. The monoisotopic (exact) mass is 352 g/mol. The fraction of sp³-hybridized carbons (Fsp3) is 0.316. The molecule has 0 aliphatic rings. The van der Waals surface area contributed by atoms with Gasteiger partial charge in [0.1, 0.15) is 4.83 Å². The van der Waals surface area contributed by atoms with E-state index in [-0.39, 0.29) is 11.8 Å². The highest BCUT2D eigenvalue weighted by molar-refractivity contribution is 7.20. The van der Waals surface area contributed by atoms with Crippen LogP contribution in [-0.4, -0.2) is 33.7 Å². The van der Waals surface area contributed by atoms with Crippen LogP contribution in [0.25, 0.3) is 15.9 Å². The molecule has 0 radical (unpaired) electrons. The number of rotatable bonds is 5. The van der Waals surface area contributed by atoms with E-state index in [2.05, 4.69) is 11.2 Å². The highest BCUT2D eigenvalue weighted by Crippen LogP contribution is 2.31. The minimum Gasteiger partial charge on any atom is -0.337 e. The summed E-state index contributed by atoms with van der Waals surface area (Å²) in [6, 6.07) is 14.0. The third-order valence-corrected chi connectivity index (χ3v) is 5.24. The number of fused-ring (bicyclic) bond motifs is 1. The average Bonchev–Trinajstić information content (AvgIpc) is 3.20. The van der Waals surface area contributed by atoms with Gasteiger partial charge in [-0.1, -0.05) is 18.2 Å². The number of para-hydroxylation sites is 1. The summed E-state index contributed by atoms with van der Waals surface area (Å²) in [7, 11) is 0. The zero-order valence-electron chi connectivity index (χ0n) is 14.6. The molecule has 0 bridgehead atoms. The van der Waals surface area contributed by atoms with Crippen molar-refractivity contribution in [1.82, 2.24) is 14.7 Å². The molecule has 1 aromatic carbocycles. The second-order valence-electron chi connectivity index (χ2n) is 6.04. The molecular weight excluding hydrogens is 332 g/mol. The molecule has 0 saturated heterocycles. The molecule has 0 N–H and O–H groups in total. The van der Waals surface area contributed by atoms with Gasteiger partial charge < -0.3 is 4.90 Å². The van der Waals surface area contributed by atoms with E-state index in [1.165, 1.54) is 11.3 Å². The Hall–Kier alpha value is -2.65. The van der Waals surface area contributed by atoms with Gasteiger partial charge >= 0.3 is 0 Å². The quantitative estimate of drug-likeness (QED) is 0.697. The SMILES string of the molecule is CCN(CC(C)C#N)C(=O)c1cc2c(C)nn(-c3ccccc3)c2s1. The first-order chi connectivity index (χ1) is 12.0. The van der Waals surface area contributed by atoms with Gasteiger partial charge in [0, 0.05) is 18.5 Å². The fourth-order valence-corrected chi connectivity index (χ4v) is 3.93. The van der Waals surface area contributed by atoms with Gasteiger partial charge in [-0.05, 0) is 39.0 Å². The lowest BCUT2D eigenvalue weighted by atomic mass is 10.2. The molecule has 0 spiro atoms. The molecule has 0 aliphatic carbocycles. The predicted molar refractivity (Wildman–Crippen MR) is 100 cm³/mol. The lowest BCUT2D eigenvalue weighted by molar-refractivity contribution is 0.0757. The van der Waals surface area contributed by atoms with Crippen molar-refractivity contribution in [3.8, 4) is 11.8 Å². The van der Waals surface area contributed by atoms with Gasteiger partial charge in [-0.3, -0.25) is 4.79 Å². The summed E-state index contributed by atoms with van der Waals surface area (Å²) in [6.07, 6.45) is 0. The van der Waals surface area contributed by atoms with E-state index < -0.39 is 0 Å². The number of amides is 1. The number of nitrogens with zero attached hydrogens (tertiary/aromatic N) is 4. The van der Waals surface area contributed by atoms with Crippen LogP contribution < -0.4 is 0 Å². The molecule has 6 heteroatoms. The number of carbonyl (C=O) groups is 1. The number of aryl methyl sites for hydroxylation is 1. The van der Waals surface area contributed by atoms with Crippen molar-refractivity contribution in [2.75, 3.05) is 13.1 Å². The molecule has 2 heterocycles. The lowest BCUT2D eigenvalue weighted by Gasteiger charge is -2.21. The van der Waals surface area contributed by atoms with Gasteiger partial charge in [-0.15, -0.1) is 11.3 Å². The summed E-state index contributed by atoms with van der Waals surface area (Å²) in [5, 5.41) is 14.6. The largest absolute Gasteiger partial charge is 0.337 e. The van der Waals surface area contributed by atoms with Crippen molar-refractivity contribution in [1.29, 1.82) is 5.26 Å². The first kappa shape index (κ1) is 17.2.